The third-order valence-corrected chi connectivity index (χ3v) is 4.73. The highest BCUT2D eigenvalue weighted by molar-refractivity contribution is 5.25. The maximum absolute atomic E-state index is 13.6. The number of nitrogens with two attached hydrogens (primary N) is 1. The van der Waals surface area contributed by atoms with Crippen LogP contribution in [0.2, 0.25) is 0 Å². The monoisotopic (exact) mass is 293 g/mol. The lowest BCUT2D eigenvalue weighted by atomic mass is 10.0. The van der Waals surface area contributed by atoms with Gasteiger partial charge in [-0.2, -0.15) is 0 Å². The van der Waals surface area contributed by atoms with E-state index in [-0.39, 0.29) is 11.9 Å². The van der Waals surface area contributed by atoms with Crippen molar-refractivity contribution in [2.75, 3.05) is 33.7 Å². The van der Waals surface area contributed by atoms with Crippen LogP contribution in [0, 0.1) is 12.7 Å². The fourth-order valence-electron chi connectivity index (χ4n) is 2.97. The molecule has 1 atom stereocenters. The average molecular weight is 293 g/mol. The first-order valence-corrected chi connectivity index (χ1v) is 7.88. The Bertz CT molecular complexity index is 455. The van der Waals surface area contributed by atoms with Gasteiger partial charge in [0.15, 0.2) is 0 Å². The second-order valence-electron chi connectivity index (χ2n) is 6.42. The van der Waals surface area contributed by atoms with E-state index >= 15 is 0 Å². The van der Waals surface area contributed by atoms with Crippen molar-refractivity contribution < 1.29 is 4.39 Å². The van der Waals surface area contributed by atoms with Crippen LogP contribution >= 0.6 is 0 Å². The molecule has 1 heterocycles. The Labute approximate surface area is 127 Å². The minimum Gasteiger partial charge on any atom is -0.324 e. The largest absolute Gasteiger partial charge is 0.324 e. The summed E-state index contributed by atoms with van der Waals surface area (Å²) in [7, 11) is 4.36. The highest BCUT2D eigenvalue weighted by Crippen LogP contribution is 2.20. The molecule has 1 unspecified atom stereocenters. The molecule has 0 aliphatic carbocycles. The van der Waals surface area contributed by atoms with Crippen molar-refractivity contribution in [3.63, 3.8) is 0 Å². The van der Waals surface area contributed by atoms with E-state index in [0.717, 1.165) is 18.5 Å². The Balaban J connectivity index is 1.82. The van der Waals surface area contributed by atoms with Gasteiger partial charge in [-0.15, -0.1) is 0 Å². The number of nitrogens with zero attached hydrogens (tertiary/aromatic N) is 2. The summed E-state index contributed by atoms with van der Waals surface area (Å²) >= 11 is 0. The van der Waals surface area contributed by atoms with Crippen LogP contribution in [0.4, 0.5) is 4.39 Å². The summed E-state index contributed by atoms with van der Waals surface area (Å²) in [6.07, 6.45) is 3.31. The van der Waals surface area contributed by atoms with E-state index in [4.69, 9.17) is 5.73 Å². The average Bonchev–Trinajstić information content (AvgIpc) is 2.48. The van der Waals surface area contributed by atoms with Gasteiger partial charge in [0.2, 0.25) is 0 Å². The van der Waals surface area contributed by atoms with Crippen LogP contribution in [0.1, 0.15) is 36.4 Å². The number of benzene rings is 1. The molecule has 0 bridgehead atoms. The van der Waals surface area contributed by atoms with Crippen molar-refractivity contribution in [3.05, 3.63) is 35.1 Å². The third kappa shape index (κ3) is 4.50. The van der Waals surface area contributed by atoms with Crippen molar-refractivity contribution in [1.82, 2.24) is 9.80 Å². The van der Waals surface area contributed by atoms with E-state index in [2.05, 4.69) is 23.9 Å². The fraction of sp³-hybridized carbons (Fsp3) is 0.647. The van der Waals surface area contributed by atoms with E-state index in [0.29, 0.717) is 11.6 Å². The molecule has 0 radical (unpaired) electrons. The Kier molecular flexibility index (Phi) is 5.73. The molecule has 2 rings (SSSR count). The van der Waals surface area contributed by atoms with E-state index < -0.39 is 0 Å². The van der Waals surface area contributed by atoms with E-state index in [9.17, 15) is 4.39 Å². The summed E-state index contributed by atoms with van der Waals surface area (Å²) in [5.74, 6) is -0.161. The molecule has 118 valence electrons. The van der Waals surface area contributed by atoms with Crippen molar-refractivity contribution in [2.45, 2.75) is 38.3 Å². The zero-order chi connectivity index (χ0) is 15.4. The molecule has 21 heavy (non-hydrogen) atoms. The van der Waals surface area contributed by atoms with Gasteiger partial charge in [-0.1, -0.05) is 12.1 Å². The van der Waals surface area contributed by atoms with E-state index in [1.807, 2.05) is 12.1 Å². The quantitative estimate of drug-likeness (QED) is 0.905. The van der Waals surface area contributed by atoms with Gasteiger partial charge in [0.05, 0.1) is 0 Å². The molecule has 3 nitrogen and oxygen atoms in total. The molecule has 1 aromatic carbocycles. The van der Waals surface area contributed by atoms with Crippen molar-refractivity contribution in [1.29, 1.82) is 0 Å². The molecule has 0 amide bonds. The first-order chi connectivity index (χ1) is 9.97. The van der Waals surface area contributed by atoms with Crippen LogP contribution in [0.5, 0.6) is 0 Å². The molecule has 2 N–H and O–H groups in total. The Morgan fingerprint density at radius 1 is 1.38 bits per heavy atom. The van der Waals surface area contributed by atoms with Crippen molar-refractivity contribution >= 4 is 0 Å². The van der Waals surface area contributed by atoms with E-state index in [1.54, 1.807) is 13.0 Å². The lowest BCUT2D eigenvalue weighted by Crippen LogP contribution is -2.42. The second kappa shape index (κ2) is 7.34. The number of hydrogen-bond acceptors (Lipinski definition) is 3. The first kappa shape index (κ1) is 16.4. The smallest absolute Gasteiger partial charge is 0.126 e. The van der Waals surface area contributed by atoms with Crippen LogP contribution in [0.3, 0.4) is 0 Å². The molecular formula is C17H28FN3. The minimum atomic E-state index is -0.161. The van der Waals surface area contributed by atoms with Gasteiger partial charge in [0, 0.05) is 12.1 Å². The summed E-state index contributed by atoms with van der Waals surface area (Å²) < 4.78 is 13.6. The Hall–Kier alpha value is -0.970. The van der Waals surface area contributed by atoms with Crippen LogP contribution in [0.25, 0.3) is 0 Å². The lowest BCUT2D eigenvalue weighted by molar-refractivity contribution is 0.141. The summed E-state index contributed by atoms with van der Waals surface area (Å²) in [5.41, 5.74) is 7.79. The fourth-order valence-corrected chi connectivity index (χ4v) is 2.97. The maximum atomic E-state index is 13.6. The van der Waals surface area contributed by atoms with Gasteiger partial charge >= 0.3 is 0 Å². The number of halogens is 1. The molecular weight excluding hydrogens is 265 g/mol. The first-order valence-electron chi connectivity index (χ1n) is 7.88. The third-order valence-electron chi connectivity index (χ3n) is 4.73. The van der Waals surface area contributed by atoms with Gasteiger partial charge in [-0.3, -0.25) is 0 Å². The molecule has 0 saturated carbocycles. The van der Waals surface area contributed by atoms with Gasteiger partial charge < -0.3 is 15.5 Å². The Morgan fingerprint density at radius 3 is 2.67 bits per heavy atom. The number of rotatable bonds is 5. The van der Waals surface area contributed by atoms with Crippen molar-refractivity contribution in [2.24, 2.45) is 5.73 Å². The van der Waals surface area contributed by atoms with Crippen molar-refractivity contribution in [3.8, 4) is 0 Å². The highest BCUT2D eigenvalue weighted by atomic mass is 19.1. The molecule has 1 aliphatic rings. The van der Waals surface area contributed by atoms with Crippen LogP contribution in [-0.2, 0) is 0 Å². The van der Waals surface area contributed by atoms with Crippen LogP contribution in [0.15, 0.2) is 18.2 Å². The zero-order valence-corrected chi connectivity index (χ0v) is 13.5. The molecule has 1 saturated heterocycles. The molecule has 1 aromatic rings. The number of hydrogen-bond donors (Lipinski definition) is 1. The number of aryl methyl sites for hydroxylation is 1. The summed E-state index contributed by atoms with van der Waals surface area (Å²) in [6.45, 7) is 5.08. The topological polar surface area (TPSA) is 32.5 Å². The standard InChI is InChI=1S/C17H28FN3/c1-13-4-5-14(12-16(13)18)17(19)8-11-21(3)15-6-9-20(2)10-7-15/h4-5,12,15,17H,6-11,19H2,1-3H3. The molecule has 1 fully saturated rings. The van der Waals surface area contributed by atoms with Gasteiger partial charge in [-0.25, -0.2) is 4.39 Å². The predicted octanol–water partition coefficient (Wildman–Crippen LogP) is 2.55. The van der Waals surface area contributed by atoms with Crippen LogP contribution < -0.4 is 5.73 Å². The molecule has 4 heteroatoms. The SMILES string of the molecule is Cc1ccc(C(N)CCN(C)C2CCN(C)CC2)cc1F. The summed E-state index contributed by atoms with van der Waals surface area (Å²) in [5, 5.41) is 0. The van der Waals surface area contributed by atoms with Gasteiger partial charge in [0.25, 0.3) is 0 Å². The lowest BCUT2D eigenvalue weighted by Gasteiger charge is -2.35. The predicted molar refractivity (Wildman–Crippen MR) is 85.8 cm³/mol. The number of likely N-dealkylation sites (tertiary alicyclic amines) is 1. The van der Waals surface area contributed by atoms with Crippen LogP contribution in [-0.4, -0.2) is 49.6 Å². The summed E-state index contributed by atoms with van der Waals surface area (Å²) in [6, 6.07) is 5.90. The zero-order valence-electron chi connectivity index (χ0n) is 13.5. The molecule has 0 spiro atoms. The normalized spacial score (nSPS) is 19.1. The summed E-state index contributed by atoms with van der Waals surface area (Å²) in [4.78, 5) is 4.79. The molecule has 1 aliphatic heterocycles. The van der Waals surface area contributed by atoms with Gasteiger partial charge in [-0.05, 0) is 77.1 Å². The number of piperidine rings is 1. The maximum Gasteiger partial charge on any atom is 0.126 e. The van der Waals surface area contributed by atoms with Gasteiger partial charge in [0.1, 0.15) is 5.82 Å². The Morgan fingerprint density at radius 2 is 2.05 bits per heavy atom. The highest BCUT2D eigenvalue weighted by Gasteiger charge is 2.20. The second-order valence-corrected chi connectivity index (χ2v) is 6.42. The minimum absolute atomic E-state index is 0.0891. The van der Waals surface area contributed by atoms with E-state index in [1.165, 1.54) is 25.9 Å². The molecule has 0 aromatic heterocycles.